The third kappa shape index (κ3) is 4.91. The topological polar surface area (TPSA) is 47.6 Å². The Kier molecular flexibility index (Phi) is 6.97. The van der Waals surface area contributed by atoms with Gasteiger partial charge in [0.1, 0.15) is 0 Å². The number of rotatable bonds is 9. The average molecular weight is 327 g/mol. The molecule has 0 saturated carbocycles. The van der Waals surface area contributed by atoms with Crippen molar-refractivity contribution >= 4 is 5.91 Å². The number of methoxy groups -OCH3 is 1. The number of ether oxygens (including phenoxy) is 2. The van der Waals surface area contributed by atoms with E-state index in [-0.39, 0.29) is 5.91 Å². The van der Waals surface area contributed by atoms with Crippen LogP contribution in [0.3, 0.4) is 0 Å². The number of hydrogen-bond acceptors (Lipinski definition) is 3. The zero-order chi connectivity index (χ0) is 17.3. The molecule has 0 aliphatic heterocycles. The van der Waals surface area contributed by atoms with Gasteiger partial charge in [0.2, 0.25) is 5.91 Å². The fraction of sp³-hybridized carbons (Fsp3) is 0.350. The Balaban J connectivity index is 2.09. The molecule has 0 atom stereocenters. The predicted octanol–water partition coefficient (Wildman–Crippen LogP) is 3.12. The van der Waals surface area contributed by atoms with Crippen molar-refractivity contribution < 1.29 is 14.3 Å². The van der Waals surface area contributed by atoms with Crippen molar-refractivity contribution in [2.24, 2.45) is 0 Å². The Morgan fingerprint density at radius 1 is 0.917 bits per heavy atom. The molecule has 0 unspecified atom stereocenters. The highest BCUT2D eigenvalue weighted by Gasteiger charge is 2.30. The van der Waals surface area contributed by atoms with Crippen LogP contribution in [-0.2, 0) is 19.8 Å². The van der Waals surface area contributed by atoms with Crippen LogP contribution in [0.5, 0.6) is 0 Å². The maximum absolute atomic E-state index is 12.4. The van der Waals surface area contributed by atoms with Gasteiger partial charge in [-0.1, -0.05) is 60.7 Å². The number of nitrogens with one attached hydrogen (secondary N) is 1. The molecule has 0 fully saturated rings. The van der Waals surface area contributed by atoms with Crippen LogP contribution < -0.4 is 5.32 Å². The summed E-state index contributed by atoms with van der Waals surface area (Å²) in [6.45, 7) is 3.45. The first kappa shape index (κ1) is 18.2. The molecule has 2 rings (SSSR count). The molecule has 0 bridgehead atoms. The first-order chi connectivity index (χ1) is 11.7. The van der Waals surface area contributed by atoms with E-state index in [2.05, 4.69) is 5.32 Å². The van der Waals surface area contributed by atoms with Crippen LogP contribution in [-0.4, -0.2) is 32.8 Å². The van der Waals surface area contributed by atoms with E-state index < -0.39 is 5.54 Å². The largest absolute Gasteiger partial charge is 0.382 e. The highest BCUT2D eigenvalue weighted by molar-refractivity contribution is 5.77. The molecule has 4 nitrogen and oxygen atoms in total. The molecule has 2 aromatic rings. The molecule has 0 aliphatic carbocycles. The van der Waals surface area contributed by atoms with Crippen molar-refractivity contribution in [2.45, 2.75) is 18.9 Å². The lowest BCUT2D eigenvalue weighted by molar-refractivity contribution is -0.123. The number of carbonyl (C=O) groups excluding carboxylic acids is 1. The number of amides is 1. The van der Waals surface area contributed by atoms with E-state index in [9.17, 15) is 4.79 Å². The van der Waals surface area contributed by atoms with Gasteiger partial charge in [0, 0.05) is 13.5 Å². The fourth-order valence-corrected chi connectivity index (χ4v) is 2.60. The number of hydrogen-bond donors (Lipinski definition) is 1. The summed E-state index contributed by atoms with van der Waals surface area (Å²) in [6.07, 6.45) is 0.318. The summed E-state index contributed by atoms with van der Waals surface area (Å²) in [5.74, 6) is -0.0392. The lowest BCUT2D eigenvalue weighted by Crippen LogP contribution is -2.44. The molecular weight excluding hydrogens is 302 g/mol. The number of benzene rings is 2. The van der Waals surface area contributed by atoms with E-state index in [0.717, 1.165) is 11.1 Å². The van der Waals surface area contributed by atoms with E-state index in [0.29, 0.717) is 26.2 Å². The number of carbonyl (C=O) groups is 1. The van der Waals surface area contributed by atoms with Gasteiger partial charge in [0.05, 0.1) is 25.4 Å². The molecule has 0 radical (unpaired) electrons. The SMILES string of the molecule is COCCOCCC(=O)NC(C)(c1ccccc1)c1ccccc1. The van der Waals surface area contributed by atoms with Gasteiger partial charge in [0.25, 0.3) is 0 Å². The van der Waals surface area contributed by atoms with E-state index in [4.69, 9.17) is 9.47 Å². The monoisotopic (exact) mass is 327 g/mol. The van der Waals surface area contributed by atoms with Crippen LogP contribution in [0.2, 0.25) is 0 Å². The summed E-state index contributed by atoms with van der Waals surface area (Å²) >= 11 is 0. The Morgan fingerprint density at radius 3 is 1.96 bits per heavy atom. The summed E-state index contributed by atoms with van der Waals surface area (Å²) in [6, 6.07) is 20.0. The van der Waals surface area contributed by atoms with Crippen molar-refractivity contribution in [3.05, 3.63) is 71.8 Å². The molecule has 2 aromatic carbocycles. The quantitative estimate of drug-likeness (QED) is 0.720. The highest BCUT2D eigenvalue weighted by Crippen LogP contribution is 2.29. The van der Waals surface area contributed by atoms with Gasteiger partial charge in [-0.05, 0) is 18.1 Å². The maximum atomic E-state index is 12.4. The Bertz CT molecular complexity index is 574. The van der Waals surface area contributed by atoms with Gasteiger partial charge >= 0.3 is 0 Å². The molecule has 0 heterocycles. The molecule has 128 valence electrons. The van der Waals surface area contributed by atoms with Gasteiger partial charge < -0.3 is 14.8 Å². The molecule has 24 heavy (non-hydrogen) atoms. The second-order valence-corrected chi connectivity index (χ2v) is 5.76. The highest BCUT2D eigenvalue weighted by atomic mass is 16.5. The van der Waals surface area contributed by atoms with Crippen molar-refractivity contribution in [2.75, 3.05) is 26.9 Å². The summed E-state index contributed by atoms with van der Waals surface area (Å²) in [4.78, 5) is 12.4. The first-order valence-electron chi connectivity index (χ1n) is 8.15. The zero-order valence-corrected chi connectivity index (χ0v) is 14.3. The van der Waals surface area contributed by atoms with Gasteiger partial charge in [0.15, 0.2) is 0 Å². The summed E-state index contributed by atoms with van der Waals surface area (Å²) in [5.41, 5.74) is 1.52. The van der Waals surface area contributed by atoms with Crippen LogP contribution in [0, 0.1) is 0 Å². The minimum atomic E-state index is -0.577. The van der Waals surface area contributed by atoms with Gasteiger partial charge in [-0.15, -0.1) is 0 Å². The first-order valence-corrected chi connectivity index (χ1v) is 8.15. The predicted molar refractivity (Wildman–Crippen MR) is 94.8 cm³/mol. The van der Waals surface area contributed by atoms with E-state index in [1.807, 2.05) is 67.6 Å². The normalized spacial score (nSPS) is 11.2. The Labute approximate surface area is 143 Å². The minimum absolute atomic E-state index is 0.0392. The lowest BCUT2D eigenvalue weighted by atomic mass is 9.84. The van der Waals surface area contributed by atoms with Crippen molar-refractivity contribution in [3.63, 3.8) is 0 Å². The summed E-state index contributed by atoms with van der Waals surface area (Å²) in [5, 5.41) is 3.17. The van der Waals surface area contributed by atoms with Crippen LogP contribution in [0.15, 0.2) is 60.7 Å². The van der Waals surface area contributed by atoms with Crippen molar-refractivity contribution in [3.8, 4) is 0 Å². The Morgan fingerprint density at radius 2 is 1.46 bits per heavy atom. The standard InChI is InChI=1S/C20H25NO3/c1-20(17-9-5-3-6-10-17,18-11-7-4-8-12-18)21-19(22)13-14-24-16-15-23-2/h3-12H,13-16H2,1-2H3,(H,21,22). The van der Waals surface area contributed by atoms with E-state index in [1.54, 1.807) is 7.11 Å². The third-order valence-corrected chi connectivity index (χ3v) is 4.00. The molecular formula is C20H25NO3. The smallest absolute Gasteiger partial charge is 0.223 e. The minimum Gasteiger partial charge on any atom is -0.382 e. The van der Waals surface area contributed by atoms with Crippen LogP contribution in [0.1, 0.15) is 24.5 Å². The van der Waals surface area contributed by atoms with Crippen LogP contribution in [0.25, 0.3) is 0 Å². The van der Waals surface area contributed by atoms with E-state index >= 15 is 0 Å². The van der Waals surface area contributed by atoms with Gasteiger partial charge in [-0.3, -0.25) is 4.79 Å². The summed E-state index contributed by atoms with van der Waals surface area (Å²) in [7, 11) is 1.63. The molecule has 0 spiro atoms. The second-order valence-electron chi connectivity index (χ2n) is 5.76. The second kappa shape index (κ2) is 9.21. The molecule has 1 N–H and O–H groups in total. The van der Waals surface area contributed by atoms with Crippen molar-refractivity contribution in [1.29, 1.82) is 0 Å². The lowest BCUT2D eigenvalue weighted by Gasteiger charge is -2.32. The third-order valence-electron chi connectivity index (χ3n) is 4.00. The van der Waals surface area contributed by atoms with Crippen molar-refractivity contribution in [1.82, 2.24) is 5.32 Å². The van der Waals surface area contributed by atoms with Crippen LogP contribution in [0.4, 0.5) is 0 Å². The molecule has 0 saturated heterocycles. The molecule has 0 aromatic heterocycles. The molecule has 1 amide bonds. The molecule has 0 aliphatic rings. The van der Waals surface area contributed by atoms with Crippen LogP contribution >= 0.6 is 0 Å². The zero-order valence-electron chi connectivity index (χ0n) is 14.3. The molecule has 4 heteroatoms. The van der Waals surface area contributed by atoms with Gasteiger partial charge in [-0.2, -0.15) is 0 Å². The van der Waals surface area contributed by atoms with Gasteiger partial charge in [-0.25, -0.2) is 0 Å². The summed E-state index contributed by atoms with van der Waals surface area (Å²) < 4.78 is 10.3. The Hall–Kier alpha value is -2.17. The fourth-order valence-electron chi connectivity index (χ4n) is 2.60. The maximum Gasteiger partial charge on any atom is 0.223 e. The average Bonchev–Trinajstić information content (AvgIpc) is 2.63. The van der Waals surface area contributed by atoms with E-state index in [1.165, 1.54) is 0 Å².